The van der Waals surface area contributed by atoms with Crippen LogP contribution < -0.4 is 10.1 Å². The summed E-state index contributed by atoms with van der Waals surface area (Å²) in [7, 11) is 0. The van der Waals surface area contributed by atoms with E-state index in [1.165, 1.54) is 12.1 Å². The largest absolute Gasteiger partial charge is 0.445 e. The van der Waals surface area contributed by atoms with Crippen molar-refractivity contribution in [1.29, 1.82) is 0 Å². The Morgan fingerprint density at radius 1 is 1.15 bits per heavy atom. The first-order valence-corrected chi connectivity index (χ1v) is 7.90. The zero-order valence-corrected chi connectivity index (χ0v) is 13.8. The van der Waals surface area contributed by atoms with Crippen LogP contribution in [0.15, 0.2) is 54.6 Å². The number of carbonyl (C=O) groups is 1. The summed E-state index contributed by atoms with van der Waals surface area (Å²) in [4.78, 5) is 11.6. The number of carbonyl (C=O) groups excluding carboxylic acids is 1. The highest BCUT2D eigenvalue weighted by molar-refractivity contribution is 5.67. The molecule has 2 aromatic carbocycles. The lowest BCUT2D eigenvalue weighted by Crippen LogP contribution is -2.24. The molecule has 7 heteroatoms. The van der Waals surface area contributed by atoms with E-state index in [1.807, 2.05) is 30.3 Å². The Balaban J connectivity index is 1.74. The molecule has 0 unspecified atom stereocenters. The summed E-state index contributed by atoms with van der Waals surface area (Å²) in [6.45, 7) is -2.56. The van der Waals surface area contributed by atoms with Gasteiger partial charge in [0.25, 0.3) is 0 Å². The van der Waals surface area contributed by atoms with Crippen LogP contribution in [0.5, 0.6) is 5.75 Å². The van der Waals surface area contributed by atoms with Crippen molar-refractivity contribution >= 4 is 12.2 Å². The third-order valence-electron chi connectivity index (χ3n) is 3.28. The number of benzene rings is 2. The van der Waals surface area contributed by atoms with Crippen molar-refractivity contribution in [3.8, 4) is 5.75 Å². The number of rotatable bonds is 8. The standard InChI is InChI=1S/C19H18F3NO3/c20-16-10-9-15(17(12-16)26-18(21)22)8-4-5-11-23-19(24)25-13-14-6-2-1-3-7-14/h1-4,6-10,12,18H,5,11,13H2,(H,23,24). The van der Waals surface area contributed by atoms with Crippen LogP contribution in [0.3, 0.4) is 0 Å². The van der Waals surface area contributed by atoms with Gasteiger partial charge in [-0.3, -0.25) is 0 Å². The molecule has 0 aromatic heterocycles. The number of alkyl carbamates (subject to hydrolysis) is 1. The Morgan fingerprint density at radius 3 is 2.65 bits per heavy atom. The Hall–Kier alpha value is -2.96. The fourth-order valence-corrected chi connectivity index (χ4v) is 2.09. The van der Waals surface area contributed by atoms with Crippen LogP contribution in [-0.2, 0) is 11.3 Å². The molecule has 0 radical (unpaired) electrons. The number of alkyl halides is 2. The fourth-order valence-electron chi connectivity index (χ4n) is 2.09. The topological polar surface area (TPSA) is 47.6 Å². The molecule has 0 saturated heterocycles. The molecule has 138 valence electrons. The molecule has 2 rings (SSSR count). The molecule has 26 heavy (non-hydrogen) atoms. The second kappa shape index (κ2) is 10.1. The second-order valence-corrected chi connectivity index (χ2v) is 5.24. The van der Waals surface area contributed by atoms with E-state index in [-0.39, 0.29) is 12.4 Å². The smallest absolute Gasteiger partial charge is 0.407 e. The molecule has 1 N–H and O–H groups in total. The van der Waals surface area contributed by atoms with Crippen LogP contribution in [-0.4, -0.2) is 19.2 Å². The highest BCUT2D eigenvalue weighted by Crippen LogP contribution is 2.23. The third kappa shape index (κ3) is 6.88. The Morgan fingerprint density at radius 2 is 1.92 bits per heavy atom. The number of hydrogen-bond donors (Lipinski definition) is 1. The van der Waals surface area contributed by atoms with Gasteiger partial charge in [0.1, 0.15) is 18.2 Å². The first-order valence-electron chi connectivity index (χ1n) is 7.90. The first-order chi connectivity index (χ1) is 12.5. The molecule has 0 aliphatic rings. The van der Waals surface area contributed by atoms with Crippen LogP contribution in [0.2, 0.25) is 0 Å². The van der Waals surface area contributed by atoms with Gasteiger partial charge in [-0.25, -0.2) is 9.18 Å². The Bertz CT molecular complexity index is 736. The van der Waals surface area contributed by atoms with Crippen LogP contribution in [0, 0.1) is 5.82 Å². The van der Waals surface area contributed by atoms with Gasteiger partial charge in [-0.1, -0.05) is 42.5 Å². The molecule has 0 spiro atoms. The summed E-state index contributed by atoms with van der Waals surface area (Å²) < 4.78 is 47.1. The number of ether oxygens (including phenoxy) is 2. The minimum atomic E-state index is -3.04. The summed E-state index contributed by atoms with van der Waals surface area (Å²) in [5.74, 6) is -0.910. The SMILES string of the molecule is O=C(NCCC=Cc1ccc(F)cc1OC(F)F)OCc1ccccc1. The minimum absolute atomic E-state index is 0.173. The molecule has 0 saturated carbocycles. The van der Waals surface area contributed by atoms with Crippen molar-refractivity contribution in [3.63, 3.8) is 0 Å². The van der Waals surface area contributed by atoms with E-state index in [2.05, 4.69) is 10.1 Å². The third-order valence-corrected chi connectivity index (χ3v) is 3.28. The van der Waals surface area contributed by atoms with Gasteiger partial charge in [0.15, 0.2) is 0 Å². The molecule has 0 aliphatic heterocycles. The second-order valence-electron chi connectivity index (χ2n) is 5.24. The van der Waals surface area contributed by atoms with E-state index in [1.54, 1.807) is 6.08 Å². The van der Waals surface area contributed by atoms with Gasteiger partial charge in [-0.2, -0.15) is 8.78 Å². The predicted molar refractivity (Wildman–Crippen MR) is 91.3 cm³/mol. The summed E-state index contributed by atoms with van der Waals surface area (Å²) >= 11 is 0. The number of hydrogen-bond acceptors (Lipinski definition) is 3. The van der Waals surface area contributed by atoms with Gasteiger partial charge >= 0.3 is 12.7 Å². The summed E-state index contributed by atoms with van der Waals surface area (Å²) in [5.41, 5.74) is 1.20. The van der Waals surface area contributed by atoms with Crippen LogP contribution in [0.25, 0.3) is 6.08 Å². The normalized spacial score (nSPS) is 10.9. The molecule has 0 aliphatic carbocycles. The van der Waals surface area contributed by atoms with Gasteiger partial charge in [0.05, 0.1) is 0 Å². The van der Waals surface area contributed by atoms with E-state index in [4.69, 9.17) is 4.74 Å². The summed E-state index contributed by atoms with van der Waals surface area (Å²) in [5, 5.41) is 2.57. The van der Waals surface area contributed by atoms with Crippen LogP contribution in [0.1, 0.15) is 17.5 Å². The molecule has 4 nitrogen and oxygen atoms in total. The van der Waals surface area contributed by atoms with Gasteiger partial charge in [0, 0.05) is 18.2 Å². The summed E-state index contributed by atoms with van der Waals surface area (Å²) in [6.07, 6.45) is 3.06. The Labute approximate surface area is 149 Å². The molecule has 2 aromatic rings. The minimum Gasteiger partial charge on any atom is -0.445 e. The zero-order chi connectivity index (χ0) is 18.8. The van der Waals surface area contributed by atoms with E-state index in [9.17, 15) is 18.0 Å². The molecule has 1 amide bonds. The van der Waals surface area contributed by atoms with Crippen molar-refractivity contribution in [2.75, 3.05) is 6.54 Å². The van der Waals surface area contributed by atoms with Crippen molar-refractivity contribution < 1.29 is 27.4 Å². The maximum Gasteiger partial charge on any atom is 0.407 e. The highest BCUT2D eigenvalue weighted by atomic mass is 19.3. The monoisotopic (exact) mass is 365 g/mol. The average molecular weight is 365 g/mol. The van der Waals surface area contributed by atoms with E-state index in [0.29, 0.717) is 18.5 Å². The quantitative estimate of drug-likeness (QED) is 0.687. The lowest BCUT2D eigenvalue weighted by molar-refractivity contribution is -0.0501. The van der Waals surface area contributed by atoms with Crippen molar-refractivity contribution in [1.82, 2.24) is 5.32 Å². The Kier molecular flexibility index (Phi) is 7.54. The van der Waals surface area contributed by atoms with Crippen molar-refractivity contribution in [3.05, 3.63) is 71.6 Å². The molecule has 0 heterocycles. The predicted octanol–water partition coefficient (Wildman–Crippen LogP) is 4.76. The van der Waals surface area contributed by atoms with Gasteiger partial charge in [0.2, 0.25) is 0 Å². The fraction of sp³-hybridized carbons (Fsp3) is 0.211. The van der Waals surface area contributed by atoms with Crippen molar-refractivity contribution in [2.24, 2.45) is 0 Å². The van der Waals surface area contributed by atoms with Gasteiger partial charge in [-0.05, 0) is 24.1 Å². The maximum atomic E-state index is 13.1. The molecule has 0 fully saturated rings. The molecular formula is C19H18F3NO3. The number of halogens is 3. The van der Waals surface area contributed by atoms with Gasteiger partial charge in [-0.15, -0.1) is 0 Å². The van der Waals surface area contributed by atoms with E-state index >= 15 is 0 Å². The van der Waals surface area contributed by atoms with Gasteiger partial charge < -0.3 is 14.8 Å². The lowest BCUT2D eigenvalue weighted by Gasteiger charge is -2.08. The van der Waals surface area contributed by atoms with Crippen molar-refractivity contribution in [2.45, 2.75) is 19.6 Å². The zero-order valence-electron chi connectivity index (χ0n) is 13.8. The number of nitrogens with one attached hydrogen (secondary N) is 1. The van der Waals surface area contributed by atoms with E-state index in [0.717, 1.165) is 17.7 Å². The summed E-state index contributed by atoms with van der Waals surface area (Å²) in [6, 6.07) is 12.6. The number of amides is 1. The van der Waals surface area contributed by atoms with Crippen LogP contribution in [0.4, 0.5) is 18.0 Å². The maximum absolute atomic E-state index is 13.1. The molecule has 0 atom stereocenters. The first kappa shape index (κ1) is 19.4. The lowest BCUT2D eigenvalue weighted by atomic mass is 10.1. The average Bonchev–Trinajstić information content (AvgIpc) is 2.61. The molecular weight excluding hydrogens is 347 g/mol. The highest BCUT2D eigenvalue weighted by Gasteiger charge is 2.09. The van der Waals surface area contributed by atoms with E-state index < -0.39 is 18.5 Å². The van der Waals surface area contributed by atoms with Crippen LogP contribution >= 0.6 is 0 Å². The molecule has 0 bridgehead atoms.